The van der Waals surface area contributed by atoms with E-state index in [1.807, 2.05) is 91.0 Å². The van der Waals surface area contributed by atoms with Crippen LogP contribution in [0.3, 0.4) is 0 Å². The molecule has 0 spiro atoms. The second kappa shape index (κ2) is 8.56. The molecule has 0 fully saturated rings. The number of carbonyl (C=O) groups is 1. The molecule has 4 heteroatoms. The van der Waals surface area contributed by atoms with E-state index < -0.39 is 5.54 Å². The van der Waals surface area contributed by atoms with E-state index in [1.165, 1.54) is 0 Å². The summed E-state index contributed by atoms with van der Waals surface area (Å²) in [5.74, 6) is 0.776. The number of halogens is 1. The highest BCUT2D eigenvalue weighted by Crippen LogP contribution is 2.49. The molecule has 0 bridgehead atoms. The molecule has 4 aromatic rings. The maximum atomic E-state index is 13.0. The maximum absolute atomic E-state index is 13.0. The Bertz CT molecular complexity index is 1240. The first kappa shape index (κ1) is 20.4. The summed E-state index contributed by atoms with van der Waals surface area (Å²) in [5.41, 5.74) is 2.76. The third-order valence-corrected chi connectivity index (χ3v) is 6.39. The number of nitrogens with zero attached hydrogens (tertiary/aromatic N) is 2. The van der Waals surface area contributed by atoms with Gasteiger partial charge in [-0.2, -0.15) is 0 Å². The van der Waals surface area contributed by atoms with Crippen molar-refractivity contribution in [3.8, 4) is 0 Å². The summed E-state index contributed by atoms with van der Waals surface area (Å²) in [6.07, 6.45) is 1.00. The van der Waals surface area contributed by atoms with Gasteiger partial charge in [-0.25, -0.2) is 4.99 Å². The summed E-state index contributed by atoms with van der Waals surface area (Å²) in [5, 5.41) is 0. The van der Waals surface area contributed by atoms with E-state index in [9.17, 15) is 4.79 Å². The molecule has 0 N–H and O–H groups in total. The first-order valence-electron chi connectivity index (χ1n) is 10.5. The SMILES string of the molecule is O=C[C@@]1(c2ccccc2)N=C(c2ccccc2)N(c2ccc(Br)cc2)[C@H]1c1ccccc1. The van der Waals surface area contributed by atoms with Crippen molar-refractivity contribution in [3.05, 3.63) is 136 Å². The normalized spacial score (nSPS) is 20.1. The van der Waals surface area contributed by atoms with E-state index >= 15 is 0 Å². The van der Waals surface area contributed by atoms with Gasteiger partial charge in [-0.05, 0) is 35.4 Å². The molecule has 156 valence electrons. The molecule has 4 aromatic carbocycles. The predicted molar refractivity (Wildman–Crippen MR) is 133 cm³/mol. The van der Waals surface area contributed by atoms with Crippen molar-refractivity contribution in [2.24, 2.45) is 4.99 Å². The number of hydrogen-bond acceptors (Lipinski definition) is 3. The third kappa shape index (κ3) is 3.47. The fourth-order valence-corrected chi connectivity index (χ4v) is 4.66. The van der Waals surface area contributed by atoms with E-state index in [0.29, 0.717) is 0 Å². The Morgan fingerprint density at radius 2 is 1.31 bits per heavy atom. The zero-order chi connectivity index (χ0) is 22.0. The van der Waals surface area contributed by atoms with Crippen molar-refractivity contribution in [2.45, 2.75) is 11.6 Å². The van der Waals surface area contributed by atoms with Gasteiger partial charge in [-0.3, -0.25) is 0 Å². The molecule has 3 nitrogen and oxygen atoms in total. The van der Waals surface area contributed by atoms with E-state index in [4.69, 9.17) is 4.99 Å². The van der Waals surface area contributed by atoms with Gasteiger partial charge in [0.25, 0.3) is 0 Å². The summed E-state index contributed by atoms with van der Waals surface area (Å²) >= 11 is 3.54. The molecule has 1 aliphatic rings. The van der Waals surface area contributed by atoms with Gasteiger partial charge < -0.3 is 9.69 Å². The highest BCUT2D eigenvalue weighted by atomic mass is 79.9. The molecule has 1 aliphatic heterocycles. The van der Waals surface area contributed by atoms with Crippen LogP contribution in [-0.4, -0.2) is 12.1 Å². The fraction of sp³-hybridized carbons (Fsp3) is 0.0714. The second-order valence-electron chi connectivity index (χ2n) is 7.77. The lowest BCUT2D eigenvalue weighted by molar-refractivity contribution is -0.112. The number of carbonyl (C=O) groups excluding carboxylic acids is 1. The summed E-state index contributed by atoms with van der Waals surface area (Å²) in [6.45, 7) is 0. The van der Waals surface area contributed by atoms with Crippen molar-refractivity contribution >= 4 is 33.7 Å². The summed E-state index contributed by atoms with van der Waals surface area (Å²) in [6, 6.07) is 37.9. The van der Waals surface area contributed by atoms with Gasteiger partial charge in [0.05, 0.1) is 6.04 Å². The summed E-state index contributed by atoms with van der Waals surface area (Å²) < 4.78 is 1.000. The number of anilines is 1. The molecule has 5 rings (SSSR count). The minimum absolute atomic E-state index is 0.333. The molecule has 0 amide bonds. The Balaban J connectivity index is 1.81. The molecule has 0 unspecified atom stereocenters. The van der Waals surface area contributed by atoms with Gasteiger partial charge >= 0.3 is 0 Å². The van der Waals surface area contributed by atoms with Crippen molar-refractivity contribution in [1.82, 2.24) is 0 Å². The monoisotopic (exact) mass is 480 g/mol. The third-order valence-electron chi connectivity index (χ3n) is 5.86. The molecule has 1 heterocycles. The number of hydrogen-bond donors (Lipinski definition) is 0. The smallest absolute Gasteiger partial charge is 0.168 e. The largest absolute Gasteiger partial charge is 0.315 e. The van der Waals surface area contributed by atoms with Crippen LogP contribution in [0, 0.1) is 0 Å². The Kier molecular flexibility index (Phi) is 5.46. The van der Waals surface area contributed by atoms with Crippen LogP contribution in [0.25, 0.3) is 0 Å². The number of rotatable bonds is 5. The lowest BCUT2D eigenvalue weighted by atomic mass is 9.81. The number of benzene rings is 4. The first-order valence-corrected chi connectivity index (χ1v) is 11.3. The number of aldehydes is 1. The van der Waals surface area contributed by atoms with Crippen molar-refractivity contribution in [1.29, 1.82) is 0 Å². The van der Waals surface area contributed by atoms with E-state index in [0.717, 1.165) is 39.0 Å². The minimum Gasteiger partial charge on any atom is -0.315 e. The molecule has 0 aromatic heterocycles. The minimum atomic E-state index is -1.08. The molecule has 32 heavy (non-hydrogen) atoms. The quantitative estimate of drug-likeness (QED) is 0.303. The van der Waals surface area contributed by atoms with Crippen molar-refractivity contribution < 1.29 is 4.79 Å². The average Bonchev–Trinajstić information content (AvgIpc) is 3.23. The zero-order valence-electron chi connectivity index (χ0n) is 17.3. The fourth-order valence-electron chi connectivity index (χ4n) is 4.40. The van der Waals surface area contributed by atoms with Gasteiger partial charge in [0.1, 0.15) is 5.84 Å². The van der Waals surface area contributed by atoms with Gasteiger partial charge in [-0.15, -0.1) is 0 Å². The van der Waals surface area contributed by atoms with Crippen LogP contribution in [0.5, 0.6) is 0 Å². The highest BCUT2D eigenvalue weighted by molar-refractivity contribution is 9.10. The average molecular weight is 481 g/mol. The van der Waals surface area contributed by atoms with Gasteiger partial charge in [-0.1, -0.05) is 107 Å². The Morgan fingerprint density at radius 3 is 1.91 bits per heavy atom. The molecular formula is C28H21BrN2O. The van der Waals surface area contributed by atoms with Crippen LogP contribution in [0.15, 0.2) is 125 Å². The number of aliphatic imine (C=N–C) groups is 1. The van der Waals surface area contributed by atoms with Crippen LogP contribution >= 0.6 is 15.9 Å². The van der Waals surface area contributed by atoms with Crippen molar-refractivity contribution in [2.75, 3.05) is 4.90 Å². The van der Waals surface area contributed by atoms with Crippen LogP contribution < -0.4 is 4.90 Å². The molecule has 2 atom stereocenters. The topological polar surface area (TPSA) is 32.7 Å². The molecule has 0 saturated heterocycles. The lowest BCUT2D eigenvalue weighted by Crippen LogP contribution is -2.40. The van der Waals surface area contributed by atoms with Gasteiger partial charge in [0.2, 0.25) is 0 Å². The predicted octanol–water partition coefficient (Wildman–Crippen LogP) is 6.55. The van der Waals surface area contributed by atoms with Crippen LogP contribution in [0.1, 0.15) is 22.7 Å². The maximum Gasteiger partial charge on any atom is 0.168 e. The van der Waals surface area contributed by atoms with Gasteiger partial charge in [0.15, 0.2) is 11.8 Å². The van der Waals surface area contributed by atoms with Crippen LogP contribution in [-0.2, 0) is 10.3 Å². The number of amidine groups is 1. The van der Waals surface area contributed by atoms with E-state index in [2.05, 4.69) is 45.1 Å². The molecular weight excluding hydrogens is 460 g/mol. The second-order valence-corrected chi connectivity index (χ2v) is 8.69. The van der Waals surface area contributed by atoms with Crippen molar-refractivity contribution in [3.63, 3.8) is 0 Å². The summed E-state index contributed by atoms with van der Waals surface area (Å²) in [7, 11) is 0. The van der Waals surface area contributed by atoms with Gasteiger partial charge in [0, 0.05) is 15.7 Å². The van der Waals surface area contributed by atoms with E-state index in [1.54, 1.807) is 0 Å². The lowest BCUT2D eigenvalue weighted by Gasteiger charge is -2.35. The zero-order valence-corrected chi connectivity index (χ0v) is 18.9. The molecule has 0 radical (unpaired) electrons. The highest BCUT2D eigenvalue weighted by Gasteiger charge is 2.51. The first-order chi connectivity index (χ1) is 15.7. The molecule has 0 aliphatic carbocycles. The Labute approximate surface area is 196 Å². The summed E-state index contributed by atoms with van der Waals surface area (Å²) in [4.78, 5) is 20.4. The van der Waals surface area contributed by atoms with E-state index in [-0.39, 0.29) is 6.04 Å². The standard InChI is InChI=1S/C28H21BrN2O/c29-24-16-18-25(19-17-24)31-26(21-10-4-1-5-11-21)28(20-32,23-14-8-3-9-15-23)30-27(31)22-12-6-2-7-13-22/h1-20,26H/t26-,28-/m0/s1. The van der Waals surface area contributed by atoms with Crippen LogP contribution in [0.4, 0.5) is 5.69 Å². The molecule has 0 saturated carbocycles. The Morgan fingerprint density at radius 1 is 0.750 bits per heavy atom. The van der Waals surface area contributed by atoms with Crippen LogP contribution in [0.2, 0.25) is 0 Å². The Hall–Kier alpha value is -3.50.